The van der Waals surface area contributed by atoms with Gasteiger partial charge < -0.3 is 19.5 Å². The van der Waals surface area contributed by atoms with E-state index in [1.54, 1.807) is 7.11 Å². The Labute approximate surface area is 138 Å². The summed E-state index contributed by atoms with van der Waals surface area (Å²) in [7, 11) is 1.71. The summed E-state index contributed by atoms with van der Waals surface area (Å²) in [6.45, 7) is 4.80. The molecule has 0 amide bonds. The van der Waals surface area contributed by atoms with E-state index >= 15 is 0 Å². The lowest BCUT2D eigenvalue weighted by Gasteiger charge is -2.27. The normalized spacial score (nSPS) is 22.0. The maximum Gasteiger partial charge on any atom is 0.310 e. The fraction of sp³-hybridized carbons (Fsp3) is 0.611. The van der Waals surface area contributed by atoms with Crippen LogP contribution in [0.5, 0.6) is 0 Å². The van der Waals surface area contributed by atoms with E-state index in [0.29, 0.717) is 32.7 Å². The molecule has 1 aliphatic rings. The number of ether oxygens (including phenoxy) is 3. The Morgan fingerprint density at radius 2 is 2.17 bits per heavy atom. The van der Waals surface area contributed by atoms with Crippen molar-refractivity contribution in [3.8, 4) is 0 Å². The van der Waals surface area contributed by atoms with E-state index in [1.165, 1.54) is 0 Å². The average molecular weight is 321 g/mol. The molecular weight excluding hydrogens is 294 g/mol. The van der Waals surface area contributed by atoms with Crippen molar-refractivity contribution >= 4 is 5.97 Å². The minimum absolute atomic E-state index is 0.155. The molecule has 0 bridgehead atoms. The first-order valence-electron chi connectivity index (χ1n) is 8.23. The van der Waals surface area contributed by atoms with Crippen molar-refractivity contribution in [1.29, 1.82) is 0 Å². The molecule has 1 aromatic carbocycles. The zero-order chi connectivity index (χ0) is 16.5. The van der Waals surface area contributed by atoms with Gasteiger partial charge in [0.2, 0.25) is 0 Å². The van der Waals surface area contributed by atoms with E-state index in [4.69, 9.17) is 14.2 Å². The molecule has 0 aliphatic carbocycles. The van der Waals surface area contributed by atoms with Crippen molar-refractivity contribution in [2.75, 3.05) is 40.0 Å². The van der Waals surface area contributed by atoms with E-state index in [0.717, 1.165) is 18.6 Å². The number of esters is 1. The third-order valence-corrected chi connectivity index (χ3v) is 4.28. The van der Waals surface area contributed by atoms with Gasteiger partial charge in [-0.3, -0.25) is 4.79 Å². The van der Waals surface area contributed by atoms with Gasteiger partial charge in [-0.1, -0.05) is 30.3 Å². The Hall–Kier alpha value is -1.43. The summed E-state index contributed by atoms with van der Waals surface area (Å²) in [6.07, 6.45) is 1.54. The Morgan fingerprint density at radius 1 is 1.39 bits per heavy atom. The Morgan fingerprint density at radius 3 is 2.78 bits per heavy atom. The molecule has 1 N–H and O–H groups in total. The van der Waals surface area contributed by atoms with Crippen molar-refractivity contribution in [1.82, 2.24) is 5.32 Å². The summed E-state index contributed by atoms with van der Waals surface area (Å²) < 4.78 is 16.3. The number of methoxy groups -OCH3 is 1. The summed E-state index contributed by atoms with van der Waals surface area (Å²) in [5.41, 5.74) is 0.865. The van der Waals surface area contributed by atoms with Gasteiger partial charge in [-0.05, 0) is 18.9 Å². The van der Waals surface area contributed by atoms with Gasteiger partial charge in [0, 0.05) is 33.2 Å². The Balaban J connectivity index is 1.90. The first-order chi connectivity index (χ1) is 11.2. The van der Waals surface area contributed by atoms with E-state index in [2.05, 4.69) is 5.32 Å². The molecule has 1 aromatic rings. The molecule has 0 spiro atoms. The number of nitrogens with one attached hydrogen (secondary N) is 1. The van der Waals surface area contributed by atoms with Gasteiger partial charge in [0.25, 0.3) is 0 Å². The van der Waals surface area contributed by atoms with E-state index in [1.807, 2.05) is 37.3 Å². The number of hydrogen-bond acceptors (Lipinski definition) is 5. The van der Waals surface area contributed by atoms with Crippen LogP contribution >= 0.6 is 0 Å². The largest absolute Gasteiger partial charge is 0.466 e. The molecule has 23 heavy (non-hydrogen) atoms. The van der Waals surface area contributed by atoms with Gasteiger partial charge in [0.05, 0.1) is 19.1 Å². The molecular formula is C18H27NO4. The van der Waals surface area contributed by atoms with Crippen molar-refractivity contribution < 1.29 is 19.0 Å². The number of carbonyl (C=O) groups excluding carboxylic acids is 1. The Bertz CT molecular complexity index is 471. The summed E-state index contributed by atoms with van der Waals surface area (Å²) in [5, 5.41) is 3.37. The minimum atomic E-state index is -0.272. The van der Waals surface area contributed by atoms with Gasteiger partial charge in [0.15, 0.2) is 0 Å². The van der Waals surface area contributed by atoms with E-state index in [-0.39, 0.29) is 17.5 Å². The highest BCUT2D eigenvalue weighted by Crippen LogP contribution is 2.21. The summed E-state index contributed by atoms with van der Waals surface area (Å²) >= 11 is 0. The highest BCUT2D eigenvalue weighted by Gasteiger charge is 2.35. The SMILES string of the molecule is CCOC(=O)C(CNCC1(OC)CCOC1)Cc1ccccc1. The predicted octanol–water partition coefficient (Wildman–Crippen LogP) is 1.80. The van der Waals surface area contributed by atoms with Crippen LogP contribution in [0.4, 0.5) is 0 Å². The molecule has 1 fully saturated rings. The molecule has 0 saturated carbocycles. The minimum Gasteiger partial charge on any atom is -0.466 e. The molecule has 2 atom stereocenters. The molecule has 1 aliphatic heterocycles. The quantitative estimate of drug-likeness (QED) is 0.703. The average Bonchev–Trinajstić information content (AvgIpc) is 3.04. The molecule has 0 aromatic heterocycles. The second kappa shape index (κ2) is 9.01. The van der Waals surface area contributed by atoms with Gasteiger partial charge in [-0.2, -0.15) is 0 Å². The van der Waals surface area contributed by atoms with Gasteiger partial charge in [0.1, 0.15) is 5.60 Å². The lowest BCUT2D eigenvalue weighted by Crippen LogP contribution is -2.45. The first-order valence-corrected chi connectivity index (χ1v) is 8.23. The monoisotopic (exact) mass is 321 g/mol. The first kappa shape index (κ1) is 17.9. The van der Waals surface area contributed by atoms with Gasteiger partial charge in [-0.15, -0.1) is 0 Å². The molecule has 128 valence electrons. The lowest BCUT2D eigenvalue weighted by atomic mass is 9.98. The number of rotatable bonds is 9. The van der Waals surface area contributed by atoms with Crippen molar-refractivity contribution in [3.63, 3.8) is 0 Å². The number of benzene rings is 1. The topological polar surface area (TPSA) is 56.8 Å². The molecule has 5 heteroatoms. The van der Waals surface area contributed by atoms with Crippen LogP contribution in [-0.2, 0) is 25.4 Å². The van der Waals surface area contributed by atoms with Gasteiger partial charge >= 0.3 is 5.97 Å². The molecule has 2 rings (SSSR count). The molecule has 5 nitrogen and oxygen atoms in total. The standard InChI is InChI=1S/C18H27NO4/c1-3-23-17(20)16(11-15-7-5-4-6-8-15)12-19-13-18(21-2)9-10-22-14-18/h4-8,16,19H,3,9-14H2,1-2H3. The van der Waals surface area contributed by atoms with Crippen LogP contribution in [0.1, 0.15) is 18.9 Å². The van der Waals surface area contributed by atoms with Crippen LogP contribution in [0.15, 0.2) is 30.3 Å². The van der Waals surface area contributed by atoms with Crippen LogP contribution in [0.25, 0.3) is 0 Å². The van der Waals surface area contributed by atoms with Crippen LogP contribution in [-0.4, -0.2) is 51.6 Å². The molecule has 1 saturated heterocycles. The third-order valence-electron chi connectivity index (χ3n) is 4.28. The summed E-state index contributed by atoms with van der Waals surface area (Å²) in [5.74, 6) is -0.355. The third kappa shape index (κ3) is 5.30. The smallest absolute Gasteiger partial charge is 0.310 e. The Kier molecular flexibility index (Phi) is 7.02. The number of hydrogen-bond donors (Lipinski definition) is 1. The second-order valence-electron chi connectivity index (χ2n) is 5.96. The highest BCUT2D eigenvalue weighted by atomic mass is 16.5. The van der Waals surface area contributed by atoms with Crippen LogP contribution in [0.2, 0.25) is 0 Å². The predicted molar refractivity (Wildman–Crippen MR) is 88.3 cm³/mol. The van der Waals surface area contributed by atoms with Crippen LogP contribution < -0.4 is 5.32 Å². The van der Waals surface area contributed by atoms with Crippen LogP contribution in [0.3, 0.4) is 0 Å². The summed E-state index contributed by atoms with van der Waals surface area (Å²) in [4.78, 5) is 12.2. The molecule has 1 heterocycles. The maximum atomic E-state index is 12.2. The van der Waals surface area contributed by atoms with Crippen LogP contribution in [0, 0.1) is 5.92 Å². The van der Waals surface area contributed by atoms with Crippen molar-refractivity contribution in [2.45, 2.75) is 25.4 Å². The summed E-state index contributed by atoms with van der Waals surface area (Å²) in [6, 6.07) is 10.0. The molecule has 0 radical (unpaired) electrons. The second-order valence-corrected chi connectivity index (χ2v) is 5.96. The maximum absolute atomic E-state index is 12.2. The fourth-order valence-corrected chi connectivity index (χ4v) is 2.83. The zero-order valence-corrected chi connectivity index (χ0v) is 14.0. The lowest BCUT2D eigenvalue weighted by molar-refractivity contribution is -0.147. The van der Waals surface area contributed by atoms with E-state index in [9.17, 15) is 4.79 Å². The highest BCUT2D eigenvalue weighted by molar-refractivity contribution is 5.73. The van der Waals surface area contributed by atoms with Gasteiger partial charge in [-0.25, -0.2) is 0 Å². The van der Waals surface area contributed by atoms with Crippen molar-refractivity contribution in [3.05, 3.63) is 35.9 Å². The molecule has 2 unspecified atom stereocenters. The zero-order valence-electron chi connectivity index (χ0n) is 14.0. The van der Waals surface area contributed by atoms with Crippen molar-refractivity contribution in [2.24, 2.45) is 5.92 Å². The fourth-order valence-electron chi connectivity index (χ4n) is 2.83. The number of carbonyl (C=O) groups is 1. The van der Waals surface area contributed by atoms with E-state index < -0.39 is 0 Å².